The third-order valence-corrected chi connectivity index (χ3v) is 5.67. The maximum absolute atomic E-state index is 12.8. The van der Waals surface area contributed by atoms with Gasteiger partial charge in [0, 0.05) is 10.8 Å². The molecule has 2 aliphatic rings. The van der Waals surface area contributed by atoms with Crippen molar-refractivity contribution in [2.75, 3.05) is 0 Å². The first kappa shape index (κ1) is 12.9. The summed E-state index contributed by atoms with van der Waals surface area (Å²) in [5.41, 5.74) is 2.58. The van der Waals surface area contributed by atoms with E-state index in [1.165, 1.54) is 24.8 Å². The highest BCUT2D eigenvalue weighted by Gasteiger charge is 2.56. The van der Waals surface area contributed by atoms with Crippen molar-refractivity contribution in [3.05, 3.63) is 11.1 Å². The molecule has 0 aromatic rings. The molecule has 0 unspecified atom stereocenters. The molecule has 1 heteroatoms. The molecule has 0 saturated heterocycles. The van der Waals surface area contributed by atoms with E-state index in [0.717, 1.165) is 6.42 Å². The Balaban J connectivity index is 2.69. The molecule has 96 valence electrons. The van der Waals surface area contributed by atoms with Crippen LogP contribution in [0.1, 0.15) is 67.2 Å². The van der Waals surface area contributed by atoms with E-state index in [1.54, 1.807) is 5.57 Å². The summed E-state index contributed by atoms with van der Waals surface area (Å²) in [6.45, 7) is 13.1. The van der Waals surface area contributed by atoms with Crippen LogP contribution in [0.25, 0.3) is 0 Å². The van der Waals surface area contributed by atoms with E-state index in [4.69, 9.17) is 0 Å². The van der Waals surface area contributed by atoms with Gasteiger partial charge in [0.15, 0.2) is 0 Å². The molecule has 0 aromatic carbocycles. The van der Waals surface area contributed by atoms with Crippen LogP contribution >= 0.6 is 0 Å². The van der Waals surface area contributed by atoms with Gasteiger partial charge in [0.1, 0.15) is 5.78 Å². The second-order valence-electron chi connectivity index (χ2n) is 7.37. The largest absolute Gasteiger partial charge is 0.298 e. The van der Waals surface area contributed by atoms with Gasteiger partial charge in [-0.15, -0.1) is 0 Å². The highest BCUT2D eigenvalue weighted by molar-refractivity contribution is 5.94. The molecule has 0 radical (unpaired) electrons. The van der Waals surface area contributed by atoms with Crippen LogP contribution in [0.2, 0.25) is 0 Å². The molecule has 0 fully saturated rings. The SMILES string of the molecule is CC1(C)C(=O)C(C)(C)C(C)(C)C2=C1CCCC2. The fourth-order valence-corrected chi connectivity index (χ4v) is 3.86. The Kier molecular flexibility index (Phi) is 2.62. The minimum atomic E-state index is -0.243. The smallest absolute Gasteiger partial charge is 0.148 e. The van der Waals surface area contributed by atoms with Crippen molar-refractivity contribution in [3.8, 4) is 0 Å². The molecule has 0 atom stereocenters. The molecule has 0 bridgehead atoms. The van der Waals surface area contributed by atoms with Crippen molar-refractivity contribution in [2.24, 2.45) is 16.2 Å². The Bertz CT molecular complexity index is 394. The number of carbonyl (C=O) groups is 1. The Morgan fingerprint density at radius 1 is 0.765 bits per heavy atom. The summed E-state index contributed by atoms with van der Waals surface area (Å²) in [7, 11) is 0. The van der Waals surface area contributed by atoms with Gasteiger partial charge in [-0.05, 0) is 44.9 Å². The average molecular weight is 234 g/mol. The molecule has 0 saturated carbocycles. The van der Waals surface area contributed by atoms with Gasteiger partial charge >= 0.3 is 0 Å². The zero-order valence-corrected chi connectivity index (χ0v) is 12.2. The molecule has 0 heterocycles. The van der Waals surface area contributed by atoms with Gasteiger partial charge < -0.3 is 0 Å². The van der Waals surface area contributed by atoms with E-state index in [-0.39, 0.29) is 16.2 Å². The molecule has 0 spiro atoms. The normalized spacial score (nSPS) is 30.1. The lowest BCUT2D eigenvalue weighted by atomic mass is 9.48. The second kappa shape index (κ2) is 3.46. The van der Waals surface area contributed by atoms with E-state index in [2.05, 4.69) is 41.5 Å². The van der Waals surface area contributed by atoms with Crippen molar-refractivity contribution < 1.29 is 4.79 Å². The van der Waals surface area contributed by atoms with Gasteiger partial charge in [-0.3, -0.25) is 4.79 Å². The molecule has 1 nitrogen and oxygen atoms in total. The Hall–Kier alpha value is -0.590. The number of hydrogen-bond donors (Lipinski definition) is 0. The molecular formula is C16H26O. The van der Waals surface area contributed by atoms with Gasteiger partial charge in [-0.2, -0.15) is 0 Å². The summed E-state index contributed by atoms with van der Waals surface area (Å²) in [6, 6.07) is 0. The van der Waals surface area contributed by atoms with Gasteiger partial charge in [-0.1, -0.05) is 38.8 Å². The van der Waals surface area contributed by atoms with E-state index < -0.39 is 0 Å². The maximum Gasteiger partial charge on any atom is 0.148 e. The fraction of sp³-hybridized carbons (Fsp3) is 0.812. The summed E-state index contributed by atoms with van der Waals surface area (Å²) < 4.78 is 0. The third kappa shape index (κ3) is 1.47. The fourth-order valence-electron chi connectivity index (χ4n) is 3.86. The molecule has 0 aromatic heterocycles. The number of Topliss-reactive ketones (excluding diaryl/α,β-unsaturated/α-hetero) is 1. The van der Waals surface area contributed by atoms with Gasteiger partial charge in [-0.25, -0.2) is 0 Å². The Morgan fingerprint density at radius 3 is 1.76 bits per heavy atom. The Morgan fingerprint density at radius 2 is 1.24 bits per heavy atom. The summed E-state index contributed by atoms with van der Waals surface area (Å²) in [5, 5.41) is 0. The summed E-state index contributed by atoms with van der Waals surface area (Å²) in [5.74, 6) is 0.427. The monoisotopic (exact) mass is 234 g/mol. The van der Waals surface area contributed by atoms with Gasteiger partial charge in [0.05, 0.1) is 0 Å². The second-order valence-corrected chi connectivity index (χ2v) is 7.37. The van der Waals surface area contributed by atoms with Crippen LogP contribution in [0, 0.1) is 16.2 Å². The lowest BCUT2D eigenvalue weighted by Gasteiger charge is -2.54. The molecule has 2 aliphatic carbocycles. The zero-order valence-electron chi connectivity index (χ0n) is 12.2. The van der Waals surface area contributed by atoms with E-state index in [0.29, 0.717) is 5.78 Å². The molecule has 0 amide bonds. The molecule has 2 rings (SSSR count). The summed E-state index contributed by atoms with van der Waals surface area (Å²) >= 11 is 0. The third-order valence-electron chi connectivity index (χ3n) is 5.67. The standard InChI is InChI=1S/C16H26O/c1-14(2)11-9-7-8-10-12(11)15(3,4)16(5,6)13(14)17/h7-10H2,1-6H3. The van der Waals surface area contributed by atoms with Crippen molar-refractivity contribution in [1.82, 2.24) is 0 Å². The van der Waals surface area contributed by atoms with Crippen LogP contribution in [0.15, 0.2) is 11.1 Å². The average Bonchev–Trinajstić information content (AvgIpc) is 2.26. The van der Waals surface area contributed by atoms with E-state index in [1.807, 2.05) is 0 Å². The van der Waals surface area contributed by atoms with Crippen molar-refractivity contribution in [1.29, 1.82) is 0 Å². The van der Waals surface area contributed by atoms with Crippen LogP contribution in [0.3, 0.4) is 0 Å². The molecular weight excluding hydrogens is 208 g/mol. The predicted octanol–water partition coefficient (Wildman–Crippen LogP) is 4.52. The first-order valence-electron chi connectivity index (χ1n) is 6.91. The lowest BCUT2D eigenvalue weighted by molar-refractivity contribution is -0.141. The highest BCUT2D eigenvalue weighted by Crippen LogP contribution is 2.59. The van der Waals surface area contributed by atoms with E-state index >= 15 is 0 Å². The van der Waals surface area contributed by atoms with Crippen molar-refractivity contribution >= 4 is 5.78 Å². The number of carbonyl (C=O) groups excluding carboxylic acids is 1. The van der Waals surface area contributed by atoms with E-state index in [9.17, 15) is 4.79 Å². The minimum Gasteiger partial charge on any atom is -0.298 e. The zero-order chi connectivity index (χ0) is 13.1. The first-order valence-corrected chi connectivity index (χ1v) is 6.91. The molecule has 0 N–H and O–H groups in total. The number of hydrogen-bond acceptors (Lipinski definition) is 1. The first-order chi connectivity index (χ1) is 7.63. The van der Waals surface area contributed by atoms with Gasteiger partial charge in [0.2, 0.25) is 0 Å². The quantitative estimate of drug-likeness (QED) is 0.563. The predicted molar refractivity (Wildman–Crippen MR) is 71.8 cm³/mol. The van der Waals surface area contributed by atoms with Gasteiger partial charge in [0.25, 0.3) is 0 Å². The molecule has 0 aliphatic heterocycles. The topological polar surface area (TPSA) is 17.1 Å². The number of rotatable bonds is 0. The Labute approximate surface area is 106 Å². The number of allylic oxidation sites excluding steroid dienone is 2. The van der Waals surface area contributed by atoms with Crippen molar-refractivity contribution in [3.63, 3.8) is 0 Å². The summed E-state index contributed by atoms with van der Waals surface area (Å²) in [4.78, 5) is 12.8. The summed E-state index contributed by atoms with van der Waals surface area (Å²) in [6.07, 6.45) is 4.88. The maximum atomic E-state index is 12.8. The van der Waals surface area contributed by atoms with Crippen LogP contribution < -0.4 is 0 Å². The number of ketones is 1. The van der Waals surface area contributed by atoms with Crippen LogP contribution in [-0.2, 0) is 4.79 Å². The van der Waals surface area contributed by atoms with Crippen LogP contribution in [-0.4, -0.2) is 5.78 Å². The highest BCUT2D eigenvalue weighted by atomic mass is 16.1. The lowest BCUT2D eigenvalue weighted by Crippen LogP contribution is -2.53. The molecule has 17 heavy (non-hydrogen) atoms. The van der Waals surface area contributed by atoms with Crippen LogP contribution in [0.4, 0.5) is 0 Å². The van der Waals surface area contributed by atoms with Crippen molar-refractivity contribution in [2.45, 2.75) is 67.2 Å². The van der Waals surface area contributed by atoms with Crippen LogP contribution in [0.5, 0.6) is 0 Å². The minimum absolute atomic E-state index is 0.0232.